The number of nitrogens with zero attached hydrogens (tertiary/aromatic N) is 3. The minimum atomic E-state index is -4.05. The van der Waals surface area contributed by atoms with Crippen LogP contribution < -0.4 is 14.6 Å². The lowest BCUT2D eigenvalue weighted by Crippen LogP contribution is -2.23. The van der Waals surface area contributed by atoms with Gasteiger partial charge in [0.05, 0.1) is 5.56 Å². The molecule has 0 aliphatic rings. The van der Waals surface area contributed by atoms with Crippen molar-refractivity contribution >= 4 is 53.8 Å². The van der Waals surface area contributed by atoms with Gasteiger partial charge in [0.15, 0.2) is 11.7 Å². The summed E-state index contributed by atoms with van der Waals surface area (Å²) in [5.74, 6) is 0.652. The third-order valence-electron chi connectivity index (χ3n) is 4.13. The van der Waals surface area contributed by atoms with Crippen molar-refractivity contribution in [3.63, 3.8) is 0 Å². The molecular formula is C21H25Br2N5O4S. The maximum Gasteiger partial charge on any atom is 0.297 e. The largest absolute Gasteiger partial charge is 0.477 e. The summed E-state index contributed by atoms with van der Waals surface area (Å²) in [6.07, 6.45) is 5.80. The molecule has 1 heterocycles. The SMILES string of the molecule is CC/C(C)=C\C(Br)=C/N=C(C)OCCOc1ncnc(NS(N)(=O)=O)c1-c1ccc(Br)cc1. The van der Waals surface area contributed by atoms with Crippen LogP contribution in [0, 0.1) is 0 Å². The van der Waals surface area contributed by atoms with Crippen LogP contribution in [-0.4, -0.2) is 37.5 Å². The number of nitrogens with one attached hydrogen (secondary N) is 1. The zero-order valence-electron chi connectivity index (χ0n) is 18.4. The fourth-order valence-corrected chi connectivity index (χ4v) is 3.64. The summed E-state index contributed by atoms with van der Waals surface area (Å²) in [6.45, 7) is 6.20. The number of ether oxygens (including phenoxy) is 2. The van der Waals surface area contributed by atoms with E-state index < -0.39 is 10.2 Å². The maximum atomic E-state index is 11.6. The molecule has 3 N–H and O–H groups in total. The van der Waals surface area contributed by atoms with E-state index in [4.69, 9.17) is 14.6 Å². The lowest BCUT2D eigenvalue weighted by atomic mass is 10.1. The number of rotatable bonds is 10. The molecule has 1 aromatic carbocycles. The first-order valence-electron chi connectivity index (χ1n) is 9.83. The van der Waals surface area contributed by atoms with Crippen LogP contribution in [0.4, 0.5) is 5.82 Å². The summed E-state index contributed by atoms with van der Waals surface area (Å²) in [5, 5.41) is 5.14. The molecule has 0 atom stereocenters. The molecule has 33 heavy (non-hydrogen) atoms. The summed E-state index contributed by atoms with van der Waals surface area (Å²) < 4.78 is 38.4. The third-order valence-corrected chi connectivity index (χ3v) is 5.57. The first-order chi connectivity index (χ1) is 15.6. The Kier molecular flexibility index (Phi) is 10.5. The topological polar surface area (TPSA) is 129 Å². The highest BCUT2D eigenvalue weighted by atomic mass is 79.9. The van der Waals surface area contributed by atoms with Gasteiger partial charge in [-0.15, -0.1) is 0 Å². The van der Waals surface area contributed by atoms with Crippen LogP contribution in [0.2, 0.25) is 0 Å². The number of anilines is 1. The van der Waals surface area contributed by atoms with Crippen molar-refractivity contribution in [2.24, 2.45) is 10.1 Å². The third kappa shape index (κ3) is 9.62. The number of hydrogen-bond acceptors (Lipinski definition) is 7. The Morgan fingerprint density at radius 3 is 2.55 bits per heavy atom. The van der Waals surface area contributed by atoms with Crippen LogP contribution in [-0.2, 0) is 14.9 Å². The Morgan fingerprint density at radius 2 is 1.91 bits per heavy atom. The zero-order chi connectivity index (χ0) is 24.4. The van der Waals surface area contributed by atoms with E-state index in [0.717, 1.165) is 15.4 Å². The van der Waals surface area contributed by atoms with Crippen molar-refractivity contribution in [3.05, 3.63) is 57.4 Å². The number of halogens is 2. The van der Waals surface area contributed by atoms with E-state index in [1.165, 1.54) is 11.9 Å². The average Bonchev–Trinajstić information content (AvgIpc) is 2.75. The fourth-order valence-electron chi connectivity index (χ4n) is 2.46. The monoisotopic (exact) mass is 601 g/mol. The number of allylic oxidation sites excluding steroid dienone is 3. The van der Waals surface area contributed by atoms with E-state index in [-0.39, 0.29) is 24.9 Å². The van der Waals surface area contributed by atoms with Crippen LogP contribution in [0.3, 0.4) is 0 Å². The van der Waals surface area contributed by atoms with Crippen LogP contribution in [0.15, 0.2) is 62.4 Å². The molecule has 9 nitrogen and oxygen atoms in total. The molecule has 0 unspecified atom stereocenters. The Hall–Kier alpha value is -2.28. The lowest BCUT2D eigenvalue weighted by molar-refractivity contribution is 0.203. The fraction of sp³-hybridized carbons (Fsp3) is 0.286. The maximum absolute atomic E-state index is 11.6. The highest BCUT2D eigenvalue weighted by Crippen LogP contribution is 2.34. The molecule has 0 radical (unpaired) electrons. The molecule has 0 bridgehead atoms. The number of aliphatic imine (C=N–C) groups is 1. The molecule has 1 aromatic heterocycles. The first-order valence-corrected chi connectivity index (χ1v) is 13.0. The van der Waals surface area contributed by atoms with E-state index in [0.29, 0.717) is 17.0 Å². The molecule has 0 fully saturated rings. The van der Waals surface area contributed by atoms with Crippen molar-refractivity contribution in [2.45, 2.75) is 27.2 Å². The van der Waals surface area contributed by atoms with E-state index in [1.807, 2.05) is 13.0 Å². The van der Waals surface area contributed by atoms with Gasteiger partial charge in [0.25, 0.3) is 10.2 Å². The Bertz CT molecular complexity index is 1150. The minimum absolute atomic E-state index is 0.00824. The minimum Gasteiger partial charge on any atom is -0.477 e. The summed E-state index contributed by atoms with van der Waals surface area (Å²) >= 11 is 6.82. The predicted molar refractivity (Wildman–Crippen MR) is 138 cm³/mol. The lowest BCUT2D eigenvalue weighted by Gasteiger charge is -2.14. The van der Waals surface area contributed by atoms with Gasteiger partial charge in [-0.25, -0.2) is 20.1 Å². The first kappa shape index (κ1) is 27.0. The van der Waals surface area contributed by atoms with Gasteiger partial charge in [0.2, 0.25) is 5.88 Å². The van der Waals surface area contributed by atoms with Gasteiger partial charge in [0.1, 0.15) is 19.5 Å². The van der Waals surface area contributed by atoms with E-state index in [1.54, 1.807) is 37.4 Å². The molecule has 0 amide bonds. The summed E-state index contributed by atoms with van der Waals surface area (Å²) in [7, 11) is -4.05. The second-order valence-corrected chi connectivity index (χ2v) is 9.89. The molecule has 0 spiro atoms. The van der Waals surface area contributed by atoms with Crippen molar-refractivity contribution in [1.29, 1.82) is 0 Å². The van der Waals surface area contributed by atoms with Gasteiger partial charge in [-0.05, 0) is 53.0 Å². The van der Waals surface area contributed by atoms with Gasteiger partial charge in [-0.1, -0.05) is 40.6 Å². The molecule has 12 heteroatoms. The highest BCUT2D eigenvalue weighted by molar-refractivity contribution is 9.12. The van der Waals surface area contributed by atoms with Crippen LogP contribution >= 0.6 is 31.9 Å². The number of hydrogen-bond donors (Lipinski definition) is 2. The number of aromatic nitrogens is 2. The van der Waals surface area contributed by atoms with Gasteiger partial charge in [-0.3, -0.25) is 4.72 Å². The molecule has 178 valence electrons. The molecule has 2 aromatic rings. The van der Waals surface area contributed by atoms with Gasteiger partial charge in [0, 0.05) is 22.1 Å². The normalized spacial score (nSPS) is 13.1. The van der Waals surface area contributed by atoms with Crippen molar-refractivity contribution in [3.8, 4) is 17.0 Å². The Labute approximate surface area is 210 Å². The van der Waals surface area contributed by atoms with E-state index in [9.17, 15) is 8.42 Å². The predicted octanol–water partition coefficient (Wildman–Crippen LogP) is 4.93. The molecule has 2 rings (SSSR count). The second-order valence-electron chi connectivity index (χ2n) is 6.76. The van der Waals surface area contributed by atoms with Crippen LogP contribution in [0.5, 0.6) is 5.88 Å². The Balaban J connectivity index is 2.13. The van der Waals surface area contributed by atoms with Crippen molar-refractivity contribution < 1.29 is 17.9 Å². The van der Waals surface area contributed by atoms with Gasteiger partial charge >= 0.3 is 0 Å². The molecule has 0 aliphatic carbocycles. The number of nitrogens with two attached hydrogens (primary N) is 1. The van der Waals surface area contributed by atoms with Crippen LogP contribution in [0.25, 0.3) is 11.1 Å². The summed E-state index contributed by atoms with van der Waals surface area (Å²) in [6, 6.07) is 7.16. The quantitative estimate of drug-likeness (QED) is 0.172. The molecule has 0 saturated heterocycles. The van der Waals surface area contributed by atoms with Gasteiger partial charge < -0.3 is 9.47 Å². The molecule has 0 aliphatic heterocycles. The summed E-state index contributed by atoms with van der Waals surface area (Å²) in [4.78, 5) is 12.4. The zero-order valence-corrected chi connectivity index (χ0v) is 22.4. The number of benzene rings is 1. The Morgan fingerprint density at radius 1 is 1.21 bits per heavy atom. The highest BCUT2D eigenvalue weighted by Gasteiger charge is 2.18. The summed E-state index contributed by atoms with van der Waals surface area (Å²) in [5.41, 5.74) is 2.22. The van der Waals surface area contributed by atoms with E-state index in [2.05, 4.69) is 58.5 Å². The molecule has 0 saturated carbocycles. The van der Waals surface area contributed by atoms with Crippen molar-refractivity contribution in [1.82, 2.24) is 9.97 Å². The molecular weight excluding hydrogens is 578 g/mol. The van der Waals surface area contributed by atoms with E-state index >= 15 is 0 Å². The average molecular weight is 603 g/mol. The standard InChI is InChI=1S/C21H25Br2N5O4S/c1-4-14(2)11-18(23)12-25-15(3)31-9-10-32-21-19(16-5-7-17(22)8-6-16)20(26-13-27-21)28-33(24,29)30/h5-8,11-13H,4,9-10H2,1-3H3,(H2,24,29,30)(H,26,27,28)/b14-11-,18-12+,25-15?. The van der Waals surface area contributed by atoms with Crippen molar-refractivity contribution in [2.75, 3.05) is 17.9 Å². The van der Waals surface area contributed by atoms with Gasteiger partial charge in [-0.2, -0.15) is 8.42 Å². The second kappa shape index (κ2) is 12.8. The van der Waals surface area contributed by atoms with Crippen LogP contribution in [0.1, 0.15) is 27.2 Å². The smallest absolute Gasteiger partial charge is 0.297 e.